The highest BCUT2D eigenvalue weighted by atomic mass is 16.1. The van der Waals surface area contributed by atoms with Crippen molar-refractivity contribution in [3.05, 3.63) is 70.9 Å². The van der Waals surface area contributed by atoms with Crippen molar-refractivity contribution in [1.29, 1.82) is 0 Å². The van der Waals surface area contributed by atoms with Gasteiger partial charge in [-0.05, 0) is 43.9 Å². The summed E-state index contributed by atoms with van der Waals surface area (Å²) in [6, 6.07) is 15.4. The maximum atomic E-state index is 12.1. The van der Waals surface area contributed by atoms with Crippen LogP contribution in [0.15, 0.2) is 53.7 Å². The van der Waals surface area contributed by atoms with E-state index in [1.165, 1.54) is 11.1 Å². The minimum absolute atomic E-state index is 0.108. The highest BCUT2D eigenvalue weighted by Gasteiger charge is 2.20. The first kappa shape index (κ1) is 18.6. The van der Waals surface area contributed by atoms with Crippen LogP contribution in [-0.4, -0.2) is 36.2 Å². The van der Waals surface area contributed by atoms with E-state index >= 15 is 0 Å². The van der Waals surface area contributed by atoms with E-state index in [1.807, 2.05) is 24.5 Å². The maximum absolute atomic E-state index is 12.1. The predicted molar refractivity (Wildman–Crippen MR) is 116 cm³/mol. The van der Waals surface area contributed by atoms with Crippen molar-refractivity contribution in [3.8, 4) is 0 Å². The SMILES string of the molecule is CN=Cc1cccc2c(C(C)=O)cn(CCCNC3Cc4ccccc4C3)c12. The summed E-state index contributed by atoms with van der Waals surface area (Å²) < 4.78 is 2.22. The van der Waals surface area contributed by atoms with E-state index < -0.39 is 0 Å². The molecule has 1 aliphatic carbocycles. The number of para-hydroxylation sites is 1. The van der Waals surface area contributed by atoms with Gasteiger partial charge < -0.3 is 9.88 Å². The molecule has 1 heterocycles. The molecule has 0 amide bonds. The maximum Gasteiger partial charge on any atom is 0.161 e. The number of carbonyl (C=O) groups excluding carboxylic acids is 1. The van der Waals surface area contributed by atoms with Crippen LogP contribution < -0.4 is 5.32 Å². The number of nitrogens with zero attached hydrogens (tertiary/aromatic N) is 2. The molecule has 0 unspecified atom stereocenters. The van der Waals surface area contributed by atoms with E-state index in [4.69, 9.17) is 0 Å². The lowest BCUT2D eigenvalue weighted by Crippen LogP contribution is -2.30. The van der Waals surface area contributed by atoms with Gasteiger partial charge in [-0.2, -0.15) is 0 Å². The van der Waals surface area contributed by atoms with Gasteiger partial charge in [0.1, 0.15) is 0 Å². The van der Waals surface area contributed by atoms with E-state index in [0.29, 0.717) is 6.04 Å². The van der Waals surface area contributed by atoms with Gasteiger partial charge in [0.25, 0.3) is 0 Å². The molecule has 0 atom stereocenters. The second-order valence-electron chi connectivity index (χ2n) is 7.60. The number of aryl methyl sites for hydroxylation is 1. The number of hydrogen-bond acceptors (Lipinski definition) is 3. The van der Waals surface area contributed by atoms with Gasteiger partial charge in [-0.15, -0.1) is 0 Å². The zero-order valence-corrected chi connectivity index (χ0v) is 16.6. The van der Waals surface area contributed by atoms with Crippen molar-refractivity contribution >= 4 is 22.9 Å². The summed E-state index contributed by atoms with van der Waals surface area (Å²) in [5.74, 6) is 0.108. The molecule has 144 valence electrons. The highest BCUT2D eigenvalue weighted by molar-refractivity contribution is 6.10. The van der Waals surface area contributed by atoms with E-state index in [9.17, 15) is 4.79 Å². The first-order valence-corrected chi connectivity index (χ1v) is 10.0. The third-order valence-corrected chi connectivity index (χ3v) is 5.64. The molecule has 0 saturated heterocycles. The highest BCUT2D eigenvalue weighted by Crippen LogP contribution is 2.25. The molecule has 4 heteroatoms. The second kappa shape index (κ2) is 8.11. The first-order valence-electron chi connectivity index (χ1n) is 10.0. The smallest absolute Gasteiger partial charge is 0.161 e. The summed E-state index contributed by atoms with van der Waals surface area (Å²) in [5.41, 5.74) is 5.91. The Morgan fingerprint density at radius 3 is 2.61 bits per heavy atom. The zero-order chi connectivity index (χ0) is 19.5. The Labute approximate surface area is 166 Å². The molecule has 0 fully saturated rings. The number of ketones is 1. The van der Waals surface area contributed by atoms with Crippen LogP contribution in [0.25, 0.3) is 10.9 Å². The molecule has 1 aliphatic rings. The summed E-state index contributed by atoms with van der Waals surface area (Å²) >= 11 is 0. The zero-order valence-electron chi connectivity index (χ0n) is 16.6. The molecule has 4 rings (SSSR count). The Bertz CT molecular complexity index is 1010. The Hall–Kier alpha value is -2.72. The van der Waals surface area contributed by atoms with Gasteiger partial charge in [0.15, 0.2) is 5.78 Å². The van der Waals surface area contributed by atoms with Gasteiger partial charge in [-0.3, -0.25) is 9.79 Å². The predicted octanol–water partition coefficient (Wildman–Crippen LogP) is 4.04. The van der Waals surface area contributed by atoms with Crippen molar-refractivity contribution in [2.75, 3.05) is 13.6 Å². The quantitative estimate of drug-likeness (QED) is 0.386. The number of rotatable bonds is 7. The summed E-state index contributed by atoms with van der Waals surface area (Å²) in [5, 5.41) is 4.73. The minimum Gasteiger partial charge on any atom is -0.346 e. The van der Waals surface area contributed by atoms with Crippen LogP contribution in [-0.2, 0) is 19.4 Å². The molecule has 3 aromatic rings. The Morgan fingerprint density at radius 1 is 1.18 bits per heavy atom. The fraction of sp³-hybridized carbons (Fsp3) is 0.333. The number of nitrogens with one attached hydrogen (secondary N) is 1. The van der Waals surface area contributed by atoms with Gasteiger partial charge in [-0.25, -0.2) is 0 Å². The van der Waals surface area contributed by atoms with Crippen LogP contribution in [0.2, 0.25) is 0 Å². The van der Waals surface area contributed by atoms with Crippen molar-refractivity contribution in [2.45, 2.75) is 38.8 Å². The van der Waals surface area contributed by atoms with Crippen molar-refractivity contribution in [3.63, 3.8) is 0 Å². The molecule has 0 bridgehead atoms. The molecular formula is C24H27N3O. The lowest BCUT2D eigenvalue weighted by atomic mass is 10.1. The number of fused-ring (bicyclic) bond motifs is 2. The Kier molecular flexibility index (Phi) is 5.40. The molecule has 2 aromatic carbocycles. The number of carbonyl (C=O) groups is 1. The molecule has 1 aromatic heterocycles. The number of Topliss-reactive ketones (excluding diaryl/α,β-unsaturated/α-hetero) is 1. The van der Waals surface area contributed by atoms with Crippen molar-refractivity contribution in [2.24, 2.45) is 4.99 Å². The van der Waals surface area contributed by atoms with Gasteiger partial charge in [0.05, 0.1) is 5.52 Å². The van der Waals surface area contributed by atoms with Gasteiger partial charge >= 0.3 is 0 Å². The summed E-state index contributed by atoms with van der Waals surface area (Å²) in [6.45, 7) is 3.49. The standard InChI is InChI=1S/C24H27N3O/c1-17(28)23-16-27(24-20(15-25-2)9-5-10-22(23)24)12-6-11-26-21-13-18-7-3-4-8-19(18)14-21/h3-5,7-10,15-16,21,26H,6,11-14H2,1-2H3. The van der Waals surface area contributed by atoms with Gasteiger partial charge in [0.2, 0.25) is 0 Å². The monoisotopic (exact) mass is 373 g/mol. The Morgan fingerprint density at radius 2 is 1.93 bits per heavy atom. The molecule has 0 saturated carbocycles. The molecule has 4 nitrogen and oxygen atoms in total. The third kappa shape index (κ3) is 3.65. The molecular weight excluding hydrogens is 346 g/mol. The largest absolute Gasteiger partial charge is 0.346 e. The van der Waals surface area contributed by atoms with E-state index in [2.05, 4.69) is 45.2 Å². The van der Waals surface area contributed by atoms with Crippen LogP contribution >= 0.6 is 0 Å². The van der Waals surface area contributed by atoms with Crippen LogP contribution in [0.5, 0.6) is 0 Å². The molecule has 0 spiro atoms. The number of aliphatic imine (C=N–C) groups is 1. The summed E-state index contributed by atoms with van der Waals surface area (Å²) in [4.78, 5) is 16.3. The Balaban J connectivity index is 1.44. The van der Waals surface area contributed by atoms with Crippen LogP contribution in [0.3, 0.4) is 0 Å². The van der Waals surface area contributed by atoms with E-state index in [1.54, 1.807) is 14.0 Å². The summed E-state index contributed by atoms with van der Waals surface area (Å²) in [7, 11) is 1.78. The average Bonchev–Trinajstić information content (AvgIpc) is 3.27. The fourth-order valence-corrected chi connectivity index (χ4v) is 4.35. The second-order valence-corrected chi connectivity index (χ2v) is 7.60. The molecule has 28 heavy (non-hydrogen) atoms. The normalized spacial score (nSPS) is 14.2. The first-order chi connectivity index (χ1) is 13.7. The van der Waals surface area contributed by atoms with Crippen LogP contribution in [0.1, 0.15) is 40.4 Å². The van der Waals surface area contributed by atoms with Crippen molar-refractivity contribution < 1.29 is 4.79 Å². The van der Waals surface area contributed by atoms with Crippen LogP contribution in [0.4, 0.5) is 0 Å². The third-order valence-electron chi connectivity index (χ3n) is 5.64. The van der Waals surface area contributed by atoms with Crippen LogP contribution in [0, 0.1) is 0 Å². The fourth-order valence-electron chi connectivity index (χ4n) is 4.35. The summed E-state index contributed by atoms with van der Waals surface area (Å²) in [6.07, 6.45) is 7.14. The minimum atomic E-state index is 0.108. The molecule has 1 N–H and O–H groups in total. The lowest BCUT2D eigenvalue weighted by molar-refractivity contribution is 0.101. The number of aromatic nitrogens is 1. The topological polar surface area (TPSA) is 46.4 Å². The average molecular weight is 374 g/mol. The number of benzene rings is 2. The van der Waals surface area contributed by atoms with Gasteiger partial charge in [0, 0.05) is 48.6 Å². The number of hydrogen-bond donors (Lipinski definition) is 1. The van der Waals surface area contributed by atoms with E-state index in [0.717, 1.165) is 54.4 Å². The lowest BCUT2D eigenvalue weighted by Gasteiger charge is -2.13. The van der Waals surface area contributed by atoms with Gasteiger partial charge in [-0.1, -0.05) is 42.5 Å². The molecule has 0 aliphatic heterocycles. The van der Waals surface area contributed by atoms with E-state index in [-0.39, 0.29) is 5.78 Å². The van der Waals surface area contributed by atoms with Crippen molar-refractivity contribution in [1.82, 2.24) is 9.88 Å². The molecule has 0 radical (unpaired) electrons.